The monoisotopic (exact) mass is 469 g/mol. The van der Waals surface area contributed by atoms with Gasteiger partial charge in [-0.25, -0.2) is 13.2 Å². The van der Waals surface area contributed by atoms with Crippen molar-refractivity contribution in [1.82, 2.24) is 14.5 Å². The zero-order valence-electron chi connectivity index (χ0n) is 18.7. The summed E-state index contributed by atoms with van der Waals surface area (Å²) in [6.45, 7) is 4.10. The molecule has 9 heteroatoms. The van der Waals surface area contributed by atoms with E-state index in [4.69, 9.17) is 0 Å². The summed E-state index contributed by atoms with van der Waals surface area (Å²) in [6, 6.07) is 12.3. The number of ketones is 1. The number of hydrogen-bond acceptors (Lipinski definition) is 5. The first-order valence-electron chi connectivity index (χ1n) is 11.0. The molecule has 0 radical (unpaired) electrons. The third-order valence-electron chi connectivity index (χ3n) is 6.33. The molecule has 2 aliphatic heterocycles. The van der Waals surface area contributed by atoms with Crippen LogP contribution in [0.5, 0.6) is 0 Å². The molecule has 0 spiro atoms. The topological polar surface area (TPSA) is 104 Å². The van der Waals surface area contributed by atoms with Crippen LogP contribution in [0.2, 0.25) is 0 Å². The fourth-order valence-corrected chi connectivity index (χ4v) is 5.74. The SMILES string of the molecule is Cc1ccc([C@@]2(C)NC(=O)N(CC(=O)c3ccc(S(=O)(=O)N4CCCCC4)cc3)C2=O)cc1. The molecule has 0 bridgehead atoms. The first-order chi connectivity index (χ1) is 15.6. The molecule has 2 saturated heterocycles. The minimum atomic E-state index is -3.60. The van der Waals surface area contributed by atoms with Gasteiger partial charge in [0.05, 0.1) is 11.4 Å². The van der Waals surface area contributed by atoms with E-state index in [0.717, 1.165) is 29.7 Å². The number of imide groups is 1. The summed E-state index contributed by atoms with van der Waals surface area (Å²) in [7, 11) is -3.60. The lowest BCUT2D eigenvalue weighted by Gasteiger charge is -2.25. The van der Waals surface area contributed by atoms with Gasteiger partial charge in [0.15, 0.2) is 5.78 Å². The third kappa shape index (κ3) is 4.30. The van der Waals surface area contributed by atoms with E-state index in [-0.39, 0.29) is 10.5 Å². The van der Waals surface area contributed by atoms with Crippen LogP contribution in [0, 0.1) is 6.92 Å². The highest BCUT2D eigenvalue weighted by Crippen LogP contribution is 2.29. The molecule has 2 aliphatic rings. The molecule has 8 nitrogen and oxygen atoms in total. The molecule has 4 rings (SSSR count). The maximum atomic E-state index is 13.1. The number of benzene rings is 2. The van der Waals surface area contributed by atoms with Gasteiger partial charge in [0.1, 0.15) is 5.54 Å². The van der Waals surface area contributed by atoms with Crippen LogP contribution >= 0.6 is 0 Å². The second-order valence-corrected chi connectivity index (χ2v) is 10.7. The number of hydrogen-bond donors (Lipinski definition) is 1. The van der Waals surface area contributed by atoms with Crippen LogP contribution in [0.25, 0.3) is 0 Å². The Hall–Kier alpha value is -3.04. The molecule has 2 fully saturated rings. The Kier molecular flexibility index (Phi) is 6.11. The predicted octanol–water partition coefficient (Wildman–Crippen LogP) is 2.82. The van der Waals surface area contributed by atoms with Crippen LogP contribution in [0.1, 0.15) is 47.7 Å². The van der Waals surface area contributed by atoms with E-state index in [1.165, 1.54) is 28.6 Å². The summed E-state index contributed by atoms with van der Waals surface area (Å²) in [5.41, 5.74) is 0.639. The van der Waals surface area contributed by atoms with Gasteiger partial charge in [-0.15, -0.1) is 0 Å². The number of carbonyl (C=O) groups is 3. The van der Waals surface area contributed by atoms with E-state index in [9.17, 15) is 22.8 Å². The van der Waals surface area contributed by atoms with Gasteiger partial charge >= 0.3 is 6.03 Å². The number of Topliss-reactive ketones (excluding diaryl/α,β-unsaturated/α-hetero) is 1. The highest BCUT2D eigenvalue weighted by atomic mass is 32.2. The van der Waals surface area contributed by atoms with Gasteiger partial charge in [0.25, 0.3) is 5.91 Å². The van der Waals surface area contributed by atoms with E-state index in [2.05, 4.69) is 5.32 Å². The fourth-order valence-electron chi connectivity index (χ4n) is 4.23. The molecular formula is C24H27N3O5S. The number of sulfonamides is 1. The van der Waals surface area contributed by atoms with Gasteiger partial charge in [-0.3, -0.25) is 14.5 Å². The lowest BCUT2D eigenvalue weighted by Crippen LogP contribution is -2.41. The van der Waals surface area contributed by atoms with Gasteiger partial charge in [-0.2, -0.15) is 4.31 Å². The average Bonchev–Trinajstić information content (AvgIpc) is 3.03. The lowest BCUT2D eigenvalue weighted by molar-refractivity contribution is -0.130. The normalized spacial score (nSPS) is 21.8. The lowest BCUT2D eigenvalue weighted by atomic mass is 9.91. The Morgan fingerprint density at radius 1 is 0.970 bits per heavy atom. The summed E-state index contributed by atoms with van der Waals surface area (Å²) >= 11 is 0. The fraction of sp³-hybridized carbons (Fsp3) is 0.375. The standard InChI is InChI=1S/C24H27N3O5S/c1-17-6-10-19(11-7-17)24(2)22(29)27(23(30)25-24)16-21(28)18-8-12-20(13-9-18)33(31,32)26-14-4-3-5-15-26/h6-13H,3-5,14-16H2,1-2H3,(H,25,30)/t24-/m1/s1. The molecule has 1 N–H and O–H groups in total. The first kappa shape index (κ1) is 23.1. The Labute approximate surface area is 193 Å². The number of rotatable bonds is 6. The van der Waals surface area contributed by atoms with Crippen molar-refractivity contribution in [3.05, 3.63) is 65.2 Å². The maximum Gasteiger partial charge on any atom is 0.325 e. The second kappa shape index (κ2) is 8.72. The smallest absolute Gasteiger partial charge is 0.319 e. The quantitative estimate of drug-likeness (QED) is 0.518. The minimum Gasteiger partial charge on any atom is -0.319 e. The number of nitrogens with zero attached hydrogens (tertiary/aromatic N) is 2. The summed E-state index contributed by atoms with van der Waals surface area (Å²) in [4.78, 5) is 39.4. The van der Waals surface area contributed by atoms with Crippen LogP contribution in [-0.2, 0) is 20.4 Å². The van der Waals surface area contributed by atoms with Gasteiger partial charge in [0, 0.05) is 18.7 Å². The summed E-state index contributed by atoms with van der Waals surface area (Å²) in [6.07, 6.45) is 2.69. The average molecular weight is 470 g/mol. The molecule has 0 aromatic heterocycles. The highest BCUT2D eigenvalue weighted by Gasteiger charge is 2.49. The summed E-state index contributed by atoms with van der Waals surface area (Å²) in [5, 5.41) is 2.69. The largest absolute Gasteiger partial charge is 0.325 e. The number of urea groups is 1. The van der Waals surface area contributed by atoms with Gasteiger partial charge in [-0.1, -0.05) is 36.2 Å². The molecule has 0 aliphatic carbocycles. The molecular weight excluding hydrogens is 442 g/mol. The van der Waals surface area contributed by atoms with Crippen molar-refractivity contribution in [2.24, 2.45) is 0 Å². The molecule has 0 unspecified atom stereocenters. The van der Waals surface area contributed by atoms with Crippen molar-refractivity contribution in [3.63, 3.8) is 0 Å². The molecule has 1 atom stereocenters. The molecule has 2 aromatic rings. The molecule has 33 heavy (non-hydrogen) atoms. The van der Waals surface area contributed by atoms with Gasteiger partial charge in [-0.05, 0) is 56.5 Å². The molecule has 2 heterocycles. The highest BCUT2D eigenvalue weighted by molar-refractivity contribution is 7.89. The van der Waals surface area contributed by atoms with Crippen LogP contribution in [0.4, 0.5) is 4.79 Å². The van der Waals surface area contributed by atoms with Crippen molar-refractivity contribution < 1.29 is 22.8 Å². The number of amides is 3. The Balaban J connectivity index is 1.48. The Morgan fingerprint density at radius 3 is 2.18 bits per heavy atom. The number of piperidine rings is 1. The number of aryl methyl sites for hydroxylation is 1. The zero-order valence-corrected chi connectivity index (χ0v) is 19.5. The van der Waals surface area contributed by atoms with Crippen LogP contribution in [0.15, 0.2) is 53.4 Å². The Bertz CT molecular complexity index is 1190. The number of carbonyl (C=O) groups excluding carboxylic acids is 3. The molecule has 3 amide bonds. The van der Waals surface area contributed by atoms with Crippen molar-refractivity contribution in [1.29, 1.82) is 0 Å². The van der Waals surface area contributed by atoms with Gasteiger partial charge in [0.2, 0.25) is 10.0 Å². The van der Waals surface area contributed by atoms with Crippen molar-refractivity contribution in [2.45, 2.75) is 43.5 Å². The zero-order chi connectivity index (χ0) is 23.8. The second-order valence-electron chi connectivity index (χ2n) is 8.72. The minimum absolute atomic E-state index is 0.128. The van der Waals surface area contributed by atoms with E-state index in [1.54, 1.807) is 19.1 Å². The van der Waals surface area contributed by atoms with E-state index in [0.29, 0.717) is 18.7 Å². The van der Waals surface area contributed by atoms with E-state index < -0.39 is 39.8 Å². The van der Waals surface area contributed by atoms with Crippen molar-refractivity contribution >= 4 is 27.7 Å². The van der Waals surface area contributed by atoms with Crippen LogP contribution in [-0.4, -0.2) is 55.0 Å². The van der Waals surface area contributed by atoms with Crippen LogP contribution in [0.3, 0.4) is 0 Å². The van der Waals surface area contributed by atoms with E-state index in [1.807, 2.05) is 19.1 Å². The Morgan fingerprint density at radius 2 is 1.58 bits per heavy atom. The van der Waals surface area contributed by atoms with Crippen molar-refractivity contribution in [2.75, 3.05) is 19.6 Å². The predicted molar refractivity (Wildman–Crippen MR) is 122 cm³/mol. The molecule has 0 saturated carbocycles. The van der Waals surface area contributed by atoms with Crippen LogP contribution < -0.4 is 5.32 Å². The molecule has 174 valence electrons. The summed E-state index contributed by atoms with van der Waals surface area (Å²) < 4.78 is 27.1. The summed E-state index contributed by atoms with van der Waals surface area (Å²) in [5.74, 6) is -0.956. The molecule has 2 aromatic carbocycles. The van der Waals surface area contributed by atoms with E-state index >= 15 is 0 Å². The van der Waals surface area contributed by atoms with Crippen molar-refractivity contribution in [3.8, 4) is 0 Å². The number of nitrogens with one attached hydrogen (secondary N) is 1. The maximum absolute atomic E-state index is 13.1. The third-order valence-corrected chi connectivity index (χ3v) is 8.25. The first-order valence-corrected chi connectivity index (χ1v) is 12.4. The van der Waals surface area contributed by atoms with Gasteiger partial charge < -0.3 is 5.32 Å².